The van der Waals surface area contributed by atoms with Gasteiger partial charge >= 0.3 is 18.1 Å². The molecule has 48 heavy (non-hydrogen) atoms. The van der Waals surface area contributed by atoms with Crippen LogP contribution in [0.1, 0.15) is 42.9 Å². The molecule has 0 heterocycles. The molecule has 0 aromatic heterocycles. The summed E-state index contributed by atoms with van der Waals surface area (Å²) in [7, 11) is 1.34. The van der Waals surface area contributed by atoms with E-state index in [1.165, 1.54) is 18.7 Å². The Bertz CT molecular complexity index is 1290. The minimum atomic E-state index is -0.840. The van der Waals surface area contributed by atoms with Crippen LogP contribution in [0.5, 0.6) is 17.2 Å². The maximum atomic E-state index is 10.8. The van der Waals surface area contributed by atoms with Crippen molar-refractivity contribution in [1.29, 1.82) is 0 Å². The predicted molar refractivity (Wildman–Crippen MR) is 193 cm³/mol. The van der Waals surface area contributed by atoms with Crippen LogP contribution in [0.4, 0.5) is 0 Å². The molecule has 9 nitrogen and oxygen atoms in total. The van der Waals surface area contributed by atoms with Gasteiger partial charge in [0.1, 0.15) is 17.2 Å². The molecule has 0 spiro atoms. The largest absolute Gasteiger partial charge is 0.508 e. The van der Waals surface area contributed by atoms with Crippen molar-refractivity contribution in [3.8, 4) is 17.2 Å². The normalized spacial score (nSPS) is 9.21. The highest BCUT2D eigenvalue weighted by atomic mass is 79.9. The summed E-state index contributed by atoms with van der Waals surface area (Å²) in [5.41, 5.74) is 2.80. The van der Waals surface area contributed by atoms with Gasteiger partial charge < -0.3 is 24.4 Å². The minimum absolute atomic E-state index is 0.0205. The quantitative estimate of drug-likeness (QED) is 0.0889. The number of aliphatic carboxylic acids is 1. The van der Waals surface area contributed by atoms with Crippen molar-refractivity contribution < 1.29 is 43.6 Å². The molecular formula is C35H44BrCl3O9. The number of hydrogen-bond acceptors (Lipinski definition) is 8. The van der Waals surface area contributed by atoms with E-state index in [2.05, 4.69) is 39.7 Å². The molecule has 0 atom stereocenters. The Labute approximate surface area is 306 Å². The van der Waals surface area contributed by atoms with Crippen LogP contribution >= 0.6 is 50.7 Å². The first kappa shape index (κ1) is 46.8. The number of aryl methyl sites for hydroxylation is 1. The Kier molecular flexibility index (Phi) is 32.8. The van der Waals surface area contributed by atoms with Gasteiger partial charge in [0.25, 0.3) is 0 Å². The molecule has 3 aromatic rings. The monoisotopic (exact) mass is 792 g/mol. The Balaban J connectivity index is 0. The van der Waals surface area contributed by atoms with Gasteiger partial charge in [0, 0.05) is 23.0 Å². The Morgan fingerprint density at radius 3 is 1.60 bits per heavy atom. The number of halogens is 4. The molecule has 0 aliphatic rings. The van der Waals surface area contributed by atoms with Gasteiger partial charge in [-0.15, -0.1) is 34.8 Å². The number of carbonyl (C=O) groups is 2. The Hall–Kier alpha value is -3.27. The summed E-state index contributed by atoms with van der Waals surface area (Å²) in [6.45, 7) is 3.40. The first-order valence-electron chi connectivity index (χ1n) is 14.9. The van der Waals surface area contributed by atoms with E-state index >= 15 is 0 Å². The number of carboxylic acid groups (broad SMARTS) is 1. The average Bonchev–Trinajstić information content (AvgIpc) is 3.07. The molecule has 0 saturated carbocycles. The fourth-order valence-corrected chi connectivity index (χ4v) is 4.18. The maximum absolute atomic E-state index is 10.8. The number of phenolic OH excluding ortho intramolecular Hbond substituents is 1. The van der Waals surface area contributed by atoms with E-state index in [4.69, 9.17) is 64.1 Å². The lowest BCUT2D eigenvalue weighted by Crippen LogP contribution is -2.03. The van der Waals surface area contributed by atoms with Gasteiger partial charge in [-0.2, -0.15) is 9.59 Å². The molecule has 13 heteroatoms. The highest BCUT2D eigenvalue weighted by Crippen LogP contribution is 2.15. The number of esters is 1. The second-order valence-electron chi connectivity index (χ2n) is 9.24. The number of aromatic hydroxyl groups is 1. The molecule has 266 valence electrons. The van der Waals surface area contributed by atoms with Crippen LogP contribution in [0.15, 0.2) is 72.8 Å². The van der Waals surface area contributed by atoms with E-state index in [-0.39, 0.29) is 30.7 Å². The summed E-state index contributed by atoms with van der Waals surface area (Å²) in [5, 5.41) is 18.7. The first-order valence-corrected chi connectivity index (χ1v) is 17.6. The number of rotatable bonds is 15. The second kappa shape index (κ2) is 33.6. The van der Waals surface area contributed by atoms with Crippen LogP contribution in [-0.2, 0) is 43.2 Å². The summed E-state index contributed by atoms with van der Waals surface area (Å²) in [6, 6.07) is 21.8. The van der Waals surface area contributed by atoms with Crippen LogP contribution in [0.2, 0.25) is 0 Å². The lowest BCUT2D eigenvalue weighted by Gasteiger charge is -2.05. The van der Waals surface area contributed by atoms with Gasteiger partial charge in [-0.3, -0.25) is 9.59 Å². The molecule has 3 aromatic carbocycles. The van der Waals surface area contributed by atoms with Gasteiger partial charge in [-0.05, 0) is 78.8 Å². The number of alkyl halides is 4. The third-order valence-electron chi connectivity index (χ3n) is 5.41. The lowest BCUT2D eigenvalue weighted by molar-refractivity contribution is -0.191. The fraction of sp³-hybridized carbons (Fsp3) is 0.400. The van der Waals surface area contributed by atoms with Crippen molar-refractivity contribution >= 4 is 68.8 Å². The second-order valence-corrected chi connectivity index (χ2v) is 11.2. The summed E-state index contributed by atoms with van der Waals surface area (Å²) < 4.78 is 15.4. The number of hydrogen-bond donors (Lipinski definition) is 2. The van der Waals surface area contributed by atoms with Crippen LogP contribution in [0, 0.1) is 0 Å². The fourth-order valence-electron chi connectivity index (χ4n) is 3.22. The van der Waals surface area contributed by atoms with Crippen LogP contribution in [0.3, 0.4) is 0 Å². The zero-order valence-electron chi connectivity index (χ0n) is 27.2. The maximum Gasteiger partial charge on any atom is 0.373 e. The van der Waals surface area contributed by atoms with E-state index in [1.54, 1.807) is 42.5 Å². The van der Waals surface area contributed by atoms with Crippen LogP contribution in [-0.4, -0.2) is 71.6 Å². The van der Waals surface area contributed by atoms with Crippen molar-refractivity contribution in [1.82, 2.24) is 0 Å². The van der Waals surface area contributed by atoms with Crippen molar-refractivity contribution in [2.75, 3.05) is 43.3 Å². The van der Waals surface area contributed by atoms with E-state index < -0.39 is 5.97 Å². The SMILES string of the molecule is CCc1cccc(OCCCCl)c1.COC(=O)Cc1cccc(O)c1.ClCCCBr.O=C(O)Cc1cccc(OCCCCl)c1.O=C=O. The van der Waals surface area contributed by atoms with Crippen molar-refractivity contribution in [3.63, 3.8) is 0 Å². The van der Waals surface area contributed by atoms with Gasteiger partial charge in [0.15, 0.2) is 0 Å². The standard InChI is InChI=1S/C11H13ClO3.C11H15ClO.C9H10O3.C3H6BrCl.CO2/c12-5-2-6-15-10-4-1-3-9(7-10)8-11(13)14;1-2-10-5-3-6-11(9-10)13-8-4-7-12;1-12-9(11)6-7-3-2-4-8(10)5-7;4-2-1-3-5;2-1-3/h1,3-4,7H,2,5-6,8H2,(H,13,14);3,5-6,9H,2,4,7-8H2,1H3;2-5,10H,6H2,1H3;1-3H2;. The topological polar surface area (TPSA) is 136 Å². The van der Waals surface area contributed by atoms with Gasteiger partial charge in [0.2, 0.25) is 0 Å². The van der Waals surface area contributed by atoms with Gasteiger partial charge in [-0.25, -0.2) is 0 Å². The molecule has 0 aliphatic heterocycles. The minimum Gasteiger partial charge on any atom is -0.508 e. The van der Waals surface area contributed by atoms with Gasteiger partial charge in [0.05, 0.1) is 33.2 Å². The third-order valence-corrected chi connectivity index (χ3v) is 6.77. The molecule has 3 rings (SSSR count). The summed E-state index contributed by atoms with van der Waals surface area (Å²) in [6.07, 6.45) is 4.27. The zero-order chi connectivity index (χ0) is 36.4. The van der Waals surface area contributed by atoms with E-state index in [0.29, 0.717) is 30.7 Å². The lowest BCUT2D eigenvalue weighted by atomic mass is 10.1. The highest BCUT2D eigenvalue weighted by molar-refractivity contribution is 9.09. The Morgan fingerprint density at radius 1 is 0.750 bits per heavy atom. The molecule has 0 fully saturated rings. The molecule has 0 radical (unpaired) electrons. The summed E-state index contributed by atoms with van der Waals surface area (Å²) in [4.78, 5) is 37.5. The highest BCUT2D eigenvalue weighted by Gasteiger charge is 2.03. The van der Waals surface area contributed by atoms with E-state index in [9.17, 15) is 9.59 Å². The summed E-state index contributed by atoms with van der Waals surface area (Å²) in [5.74, 6) is 2.65. The molecule has 0 amide bonds. The molecule has 2 N–H and O–H groups in total. The number of carboxylic acids is 1. The molecule has 0 unspecified atom stereocenters. The van der Waals surface area contributed by atoms with Crippen molar-refractivity contribution in [3.05, 3.63) is 89.5 Å². The zero-order valence-corrected chi connectivity index (χ0v) is 31.0. The number of carbonyl (C=O) groups excluding carboxylic acids is 3. The Morgan fingerprint density at radius 2 is 1.21 bits per heavy atom. The molecule has 0 saturated heterocycles. The van der Waals surface area contributed by atoms with Crippen LogP contribution in [0.25, 0.3) is 0 Å². The average molecular weight is 795 g/mol. The molecule has 0 bridgehead atoms. The number of phenols is 1. The number of ether oxygens (including phenoxy) is 3. The van der Waals surface area contributed by atoms with Crippen molar-refractivity contribution in [2.24, 2.45) is 0 Å². The van der Waals surface area contributed by atoms with Crippen molar-refractivity contribution in [2.45, 2.75) is 45.4 Å². The van der Waals surface area contributed by atoms with Crippen LogP contribution < -0.4 is 9.47 Å². The molecular weight excluding hydrogens is 751 g/mol. The first-order chi connectivity index (χ1) is 23.1. The van der Waals surface area contributed by atoms with E-state index in [0.717, 1.165) is 53.8 Å². The van der Waals surface area contributed by atoms with E-state index in [1.807, 2.05) is 12.1 Å². The van der Waals surface area contributed by atoms with Gasteiger partial charge in [-0.1, -0.05) is 59.3 Å². The third kappa shape index (κ3) is 28.9. The number of methoxy groups -OCH3 is 1. The molecule has 0 aliphatic carbocycles. The summed E-state index contributed by atoms with van der Waals surface area (Å²) >= 11 is 19.6. The number of benzene rings is 3. The smallest absolute Gasteiger partial charge is 0.373 e. The predicted octanol–water partition coefficient (Wildman–Crippen LogP) is 8.11.